The molecule has 0 bridgehead atoms. The Morgan fingerprint density at radius 2 is 1.72 bits per heavy atom. The fourth-order valence-electron chi connectivity index (χ4n) is 3.22. The summed E-state index contributed by atoms with van der Waals surface area (Å²) in [5.41, 5.74) is 3.44. The van der Waals surface area contributed by atoms with Gasteiger partial charge >= 0.3 is 5.97 Å². The summed E-state index contributed by atoms with van der Waals surface area (Å²) in [7, 11) is 0. The molecular formula is C27H29NO4. The highest BCUT2D eigenvalue weighted by molar-refractivity contribution is 6.08. The monoisotopic (exact) mass is 431 g/mol. The van der Waals surface area contributed by atoms with Crippen molar-refractivity contribution in [2.75, 3.05) is 6.61 Å². The Bertz CT molecular complexity index is 1090. The Balaban J connectivity index is 1.56. The van der Waals surface area contributed by atoms with E-state index in [9.17, 15) is 9.59 Å². The largest absolute Gasteiger partial charge is 0.479 e. The SMILES string of the molecule is Cc1ccc(C(=O)c2cccn2CC=Cc2ccc(CCOC(C)(C)C(=O)O)cc2)cc1. The van der Waals surface area contributed by atoms with Crippen LogP contribution in [0.25, 0.3) is 6.08 Å². The molecule has 166 valence electrons. The van der Waals surface area contributed by atoms with Crippen molar-refractivity contribution in [3.63, 3.8) is 0 Å². The van der Waals surface area contributed by atoms with Gasteiger partial charge in [0.05, 0.1) is 12.3 Å². The summed E-state index contributed by atoms with van der Waals surface area (Å²) in [5.74, 6) is -0.953. The molecule has 3 rings (SSSR count). The molecule has 0 atom stereocenters. The van der Waals surface area contributed by atoms with E-state index in [0.717, 1.165) is 16.7 Å². The van der Waals surface area contributed by atoms with Gasteiger partial charge in [0.1, 0.15) is 0 Å². The first-order valence-electron chi connectivity index (χ1n) is 10.7. The van der Waals surface area contributed by atoms with Gasteiger partial charge in [-0.25, -0.2) is 4.79 Å². The molecule has 0 aliphatic rings. The lowest BCUT2D eigenvalue weighted by molar-refractivity contribution is -0.161. The van der Waals surface area contributed by atoms with Crippen molar-refractivity contribution in [1.82, 2.24) is 4.57 Å². The van der Waals surface area contributed by atoms with E-state index in [0.29, 0.717) is 30.8 Å². The van der Waals surface area contributed by atoms with Crippen LogP contribution in [-0.4, -0.2) is 33.6 Å². The molecule has 1 aromatic heterocycles. The predicted molar refractivity (Wildman–Crippen MR) is 126 cm³/mol. The number of hydrogen-bond acceptors (Lipinski definition) is 3. The third-order valence-corrected chi connectivity index (χ3v) is 5.34. The smallest absolute Gasteiger partial charge is 0.335 e. The highest BCUT2D eigenvalue weighted by atomic mass is 16.5. The third-order valence-electron chi connectivity index (χ3n) is 5.34. The fraction of sp³-hybridized carbons (Fsp3) is 0.259. The number of aliphatic carboxylic acids is 1. The molecule has 0 aliphatic heterocycles. The molecule has 0 aliphatic carbocycles. The van der Waals surface area contributed by atoms with Gasteiger partial charge in [0.15, 0.2) is 5.60 Å². The van der Waals surface area contributed by atoms with Gasteiger partial charge in [-0.15, -0.1) is 0 Å². The first-order chi connectivity index (χ1) is 15.3. The Labute approximate surface area is 189 Å². The van der Waals surface area contributed by atoms with E-state index in [2.05, 4.69) is 0 Å². The number of hydrogen-bond donors (Lipinski definition) is 1. The molecule has 32 heavy (non-hydrogen) atoms. The van der Waals surface area contributed by atoms with E-state index in [-0.39, 0.29) is 5.78 Å². The van der Waals surface area contributed by atoms with Crippen molar-refractivity contribution in [2.45, 2.75) is 39.3 Å². The van der Waals surface area contributed by atoms with E-state index in [4.69, 9.17) is 9.84 Å². The van der Waals surface area contributed by atoms with Gasteiger partial charge < -0.3 is 14.4 Å². The summed E-state index contributed by atoms with van der Waals surface area (Å²) >= 11 is 0. The van der Waals surface area contributed by atoms with E-state index < -0.39 is 11.6 Å². The van der Waals surface area contributed by atoms with E-state index in [1.807, 2.05) is 90.5 Å². The van der Waals surface area contributed by atoms with Crippen molar-refractivity contribution in [2.24, 2.45) is 0 Å². The second-order valence-electron chi connectivity index (χ2n) is 8.30. The zero-order chi connectivity index (χ0) is 23.1. The minimum atomic E-state index is -1.18. The second kappa shape index (κ2) is 10.2. The van der Waals surface area contributed by atoms with Gasteiger partial charge in [-0.2, -0.15) is 0 Å². The molecule has 1 heterocycles. The number of carboxylic acid groups (broad SMARTS) is 1. The Kier molecular flexibility index (Phi) is 7.44. The number of carbonyl (C=O) groups excluding carboxylic acids is 1. The minimum absolute atomic E-state index is 0.0149. The first kappa shape index (κ1) is 23.2. The third kappa shape index (κ3) is 6.05. The van der Waals surface area contributed by atoms with Crippen LogP contribution in [0.2, 0.25) is 0 Å². The molecule has 0 fully saturated rings. The normalized spacial score (nSPS) is 11.7. The quantitative estimate of drug-likeness (QED) is 0.450. The summed E-state index contributed by atoms with van der Waals surface area (Å²) in [6, 6.07) is 19.4. The summed E-state index contributed by atoms with van der Waals surface area (Å²) in [4.78, 5) is 23.9. The molecule has 0 unspecified atom stereocenters. The van der Waals surface area contributed by atoms with Crippen LogP contribution >= 0.6 is 0 Å². The number of allylic oxidation sites excluding steroid dienone is 1. The zero-order valence-corrected chi connectivity index (χ0v) is 18.7. The molecule has 0 saturated heterocycles. The topological polar surface area (TPSA) is 68.5 Å². The predicted octanol–water partition coefficient (Wildman–Crippen LogP) is 5.16. The fourth-order valence-corrected chi connectivity index (χ4v) is 3.22. The lowest BCUT2D eigenvalue weighted by atomic mass is 10.1. The maximum atomic E-state index is 12.8. The number of benzene rings is 2. The molecule has 1 N–H and O–H groups in total. The van der Waals surface area contributed by atoms with E-state index in [1.54, 1.807) is 13.8 Å². The van der Waals surface area contributed by atoms with Crippen molar-refractivity contribution in [1.29, 1.82) is 0 Å². The highest BCUT2D eigenvalue weighted by Crippen LogP contribution is 2.14. The summed E-state index contributed by atoms with van der Waals surface area (Å²) in [6.07, 6.45) is 6.61. The number of rotatable bonds is 10. The van der Waals surface area contributed by atoms with Crippen molar-refractivity contribution < 1.29 is 19.4 Å². The standard InChI is InChI=1S/C27H29NO4/c1-20-8-14-23(15-9-20)25(29)24-7-5-18-28(24)17-4-6-21-10-12-22(13-11-21)16-19-32-27(2,3)26(30)31/h4-15,18H,16-17,19H2,1-3H3,(H,30,31). The number of nitrogens with zero attached hydrogens (tertiary/aromatic N) is 1. The van der Waals surface area contributed by atoms with Crippen molar-refractivity contribution in [3.8, 4) is 0 Å². The maximum Gasteiger partial charge on any atom is 0.335 e. The molecule has 3 aromatic rings. The van der Waals surface area contributed by atoms with Crippen LogP contribution in [0, 0.1) is 6.92 Å². The van der Waals surface area contributed by atoms with Gasteiger partial charge in [-0.3, -0.25) is 4.79 Å². The van der Waals surface area contributed by atoms with Crippen LogP contribution in [0.4, 0.5) is 0 Å². The number of carbonyl (C=O) groups is 2. The second-order valence-corrected chi connectivity index (χ2v) is 8.30. The molecule has 5 heteroatoms. The molecule has 2 aromatic carbocycles. The zero-order valence-electron chi connectivity index (χ0n) is 18.7. The summed E-state index contributed by atoms with van der Waals surface area (Å²) < 4.78 is 7.39. The molecule has 0 spiro atoms. The number of ketones is 1. The molecule has 0 radical (unpaired) electrons. The Hall–Kier alpha value is -3.44. The first-order valence-corrected chi connectivity index (χ1v) is 10.7. The molecule has 5 nitrogen and oxygen atoms in total. The maximum absolute atomic E-state index is 12.8. The molecular weight excluding hydrogens is 402 g/mol. The Morgan fingerprint density at radius 3 is 2.38 bits per heavy atom. The van der Waals surface area contributed by atoms with Crippen molar-refractivity contribution in [3.05, 3.63) is 101 Å². The highest BCUT2D eigenvalue weighted by Gasteiger charge is 2.27. The number of aromatic nitrogens is 1. The minimum Gasteiger partial charge on any atom is -0.479 e. The summed E-state index contributed by atoms with van der Waals surface area (Å²) in [6.45, 7) is 6.05. The summed E-state index contributed by atoms with van der Waals surface area (Å²) in [5, 5.41) is 9.09. The number of aryl methyl sites for hydroxylation is 1. The van der Waals surface area contributed by atoms with Gasteiger partial charge in [0.25, 0.3) is 0 Å². The van der Waals surface area contributed by atoms with Gasteiger partial charge in [-0.05, 0) is 50.5 Å². The van der Waals surface area contributed by atoms with Crippen LogP contribution in [-0.2, 0) is 22.5 Å². The lowest BCUT2D eigenvalue weighted by Crippen LogP contribution is -2.35. The molecule has 0 amide bonds. The molecule has 0 saturated carbocycles. The van der Waals surface area contributed by atoms with Crippen LogP contribution in [0.15, 0.2) is 72.9 Å². The van der Waals surface area contributed by atoms with Gasteiger partial charge in [-0.1, -0.05) is 66.2 Å². The van der Waals surface area contributed by atoms with E-state index in [1.165, 1.54) is 0 Å². The van der Waals surface area contributed by atoms with E-state index >= 15 is 0 Å². The van der Waals surface area contributed by atoms with Crippen LogP contribution in [0.5, 0.6) is 0 Å². The average molecular weight is 432 g/mol. The number of carboxylic acids is 1. The van der Waals surface area contributed by atoms with Gasteiger partial charge in [0, 0.05) is 18.3 Å². The average Bonchev–Trinajstić information content (AvgIpc) is 3.23. The van der Waals surface area contributed by atoms with Crippen LogP contribution < -0.4 is 0 Å². The lowest BCUT2D eigenvalue weighted by Gasteiger charge is -2.19. The van der Waals surface area contributed by atoms with Gasteiger partial charge in [0.2, 0.25) is 5.78 Å². The van der Waals surface area contributed by atoms with Crippen molar-refractivity contribution >= 4 is 17.8 Å². The van der Waals surface area contributed by atoms with Crippen LogP contribution in [0.1, 0.15) is 46.6 Å². The van der Waals surface area contributed by atoms with Crippen LogP contribution in [0.3, 0.4) is 0 Å². The number of ether oxygens (including phenoxy) is 1. The Morgan fingerprint density at radius 1 is 1.03 bits per heavy atom.